The second kappa shape index (κ2) is 5.62. The van der Waals surface area contributed by atoms with Crippen LogP contribution >= 0.6 is 12.4 Å². The van der Waals surface area contributed by atoms with Gasteiger partial charge in [0.2, 0.25) is 0 Å². The van der Waals surface area contributed by atoms with Gasteiger partial charge in [0.1, 0.15) is 0 Å². The Kier molecular flexibility index (Phi) is 5.20. The van der Waals surface area contributed by atoms with E-state index in [4.69, 9.17) is 10.5 Å². The fourth-order valence-corrected chi connectivity index (χ4v) is 1.13. The SMILES string of the molecule is C=C[C@H](N)c1cccc(F)c1OC.Cl. The van der Waals surface area contributed by atoms with Gasteiger partial charge in [-0.15, -0.1) is 19.0 Å². The van der Waals surface area contributed by atoms with Gasteiger partial charge in [0, 0.05) is 5.56 Å². The number of hydrogen-bond donors (Lipinski definition) is 1. The predicted molar refractivity (Wildman–Crippen MR) is 57.3 cm³/mol. The first-order valence-corrected chi connectivity index (χ1v) is 3.91. The van der Waals surface area contributed by atoms with E-state index in [0.29, 0.717) is 5.56 Å². The summed E-state index contributed by atoms with van der Waals surface area (Å²) in [6, 6.07) is 4.24. The summed E-state index contributed by atoms with van der Waals surface area (Å²) < 4.78 is 18.0. The number of halogens is 2. The standard InChI is InChI=1S/C10H12FNO.ClH/c1-3-9(12)7-5-4-6-8(11)10(7)13-2;/h3-6,9H,1,12H2,2H3;1H/t9-;/m0./s1. The van der Waals surface area contributed by atoms with Crippen molar-refractivity contribution >= 4 is 12.4 Å². The minimum Gasteiger partial charge on any atom is -0.493 e. The molecule has 78 valence electrons. The van der Waals surface area contributed by atoms with E-state index in [2.05, 4.69) is 6.58 Å². The van der Waals surface area contributed by atoms with Crippen molar-refractivity contribution in [3.05, 3.63) is 42.2 Å². The zero-order valence-electron chi connectivity index (χ0n) is 7.87. The summed E-state index contributed by atoms with van der Waals surface area (Å²) in [7, 11) is 1.41. The zero-order chi connectivity index (χ0) is 9.84. The van der Waals surface area contributed by atoms with Gasteiger partial charge in [-0.3, -0.25) is 0 Å². The molecular formula is C10H13ClFNO. The lowest BCUT2D eigenvalue weighted by molar-refractivity contribution is 0.380. The quantitative estimate of drug-likeness (QED) is 0.790. The molecule has 0 aliphatic carbocycles. The van der Waals surface area contributed by atoms with E-state index in [9.17, 15) is 4.39 Å². The average Bonchev–Trinajstić information content (AvgIpc) is 2.16. The highest BCUT2D eigenvalue weighted by atomic mass is 35.5. The average molecular weight is 218 g/mol. The molecular weight excluding hydrogens is 205 g/mol. The van der Waals surface area contributed by atoms with Crippen LogP contribution in [-0.2, 0) is 0 Å². The van der Waals surface area contributed by atoms with Gasteiger partial charge in [-0.2, -0.15) is 0 Å². The third-order valence-electron chi connectivity index (χ3n) is 1.81. The van der Waals surface area contributed by atoms with Crippen molar-refractivity contribution in [3.63, 3.8) is 0 Å². The van der Waals surface area contributed by atoms with E-state index in [1.165, 1.54) is 19.3 Å². The Labute approximate surface area is 89.0 Å². The molecule has 2 N–H and O–H groups in total. The Morgan fingerprint density at radius 3 is 2.71 bits per heavy atom. The van der Waals surface area contributed by atoms with Crippen LogP contribution in [0.5, 0.6) is 5.75 Å². The third kappa shape index (κ3) is 2.47. The van der Waals surface area contributed by atoms with Gasteiger partial charge in [0.15, 0.2) is 11.6 Å². The third-order valence-corrected chi connectivity index (χ3v) is 1.81. The van der Waals surface area contributed by atoms with E-state index in [-0.39, 0.29) is 18.2 Å². The molecule has 1 aromatic rings. The monoisotopic (exact) mass is 217 g/mol. The maximum Gasteiger partial charge on any atom is 0.165 e. The summed E-state index contributed by atoms with van der Waals surface area (Å²) in [6.07, 6.45) is 1.54. The lowest BCUT2D eigenvalue weighted by Crippen LogP contribution is -2.09. The van der Waals surface area contributed by atoms with Gasteiger partial charge >= 0.3 is 0 Å². The van der Waals surface area contributed by atoms with Gasteiger partial charge in [0.25, 0.3) is 0 Å². The summed E-state index contributed by atoms with van der Waals surface area (Å²) in [6.45, 7) is 3.54. The summed E-state index contributed by atoms with van der Waals surface area (Å²) >= 11 is 0. The molecule has 1 aromatic carbocycles. The molecule has 0 spiro atoms. The highest BCUT2D eigenvalue weighted by Crippen LogP contribution is 2.26. The molecule has 1 atom stereocenters. The van der Waals surface area contributed by atoms with Gasteiger partial charge in [0.05, 0.1) is 13.2 Å². The molecule has 0 aromatic heterocycles. The van der Waals surface area contributed by atoms with E-state index in [1.54, 1.807) is 12.1 Å². The molecule has 0 aliphatic heterocycles. The number of rotatable bonds is 3. The second-order valence-corrected chi connectivity index (χ2v) is 2.62. The molecule has 2 nitrogen and oxygen atoms in total. The van der Waals surface area contributed by atoms with Crippen LogP contribution in [-0.4, -0.2) is 7.11 Å². The van der Waals surface area contributed by atoms with Crippen LogP contribution in [0, 0.1) is 5.82 Å². The van der Waals surface area contributed by atoms with E-state index < -0.39 is 11.9 Å². The second-order valence-electron chi connectivity index (χ2n) is 2.62. The van der Waals surface area contributed by atoms with Gasteiger partial charge in [-0.05, 0) is 6.07 Å². The summed E-state index contributed by atoms with van der Waals surface area (Å²) in [4.78, 5) is 0. The van der Waals surface area contributed by atoms with E-state index in [1.807, 2.05) is 0 Å². The van der Waals surface area contributed by atoms with Gasteiger partial charge < -0.3 is 10.5 Å². The number of nitrogens with two attached hydrogens (primary N) is 1. The Hall–Kier alpha value is -1.06. The normalized spacial score (nSPS) is 11.4. The fourth-order valence-electron chi connectivity index (χ4n) is 1.13. The van der Waals surface area contributed by atoms with Crippen molar-refractivity contribution in [1.29, 1.82) is 0 Å². The van der Waals surface area contributed by atoms with Crippen molar-refractivity contribution < 1.29 is 9.13 Å². The maximum absolute atomic E-state index is 13.1. The van der Waals surface area contributed by atoms with Crippen molar-refractivity contribution in [2.24, 2.45) is 5.73 Å². The first kappa shape index (κ1) is 12.9. The molecule has 0 heterocycles. The molecule has 14 heavy (non-hydrogen) atoms. The number of benzene rings is 1. The lowest BCUT2D eigenvalue weighted by Gasteiger charge is -2.12. The number of methoxy groups -OCH3 is 1. The smallest absolute Gasteiger partial charge is 0.165 e. The van der Waals surface area contributed by atoms with Crippen LogP contribution in [0.2, 0.25) is 0 Å². The van der Waals surface area contributed by atoms with Crippen molar-refractivity contribution in [2.45, 2.75) is 6.04 Å². The zero-order valence-corrected chi connectivity index (χ0v) is 8.68. The molecule has 0 unspecified atom stereocenters. The molecule has 4 heteroatoms. The number of hydrogen-bond acceptors (Lipinski definition) is 2. The highest BCUT2D eigenvalue weighted by Gasteiger charge is 2.12. The first-order chi connectivity index (χ1) is 6.20. The first-order valence-electron chi connectivity index (χ1n) is 3.91. The summed E-state index contributed by atoms with van der Waals surface area (Å²) in [5, 5.41) is 0. The Bertz CT molecular complexity index is 317. The van der Waals surface area contributed by atoms with Crippen LogP contribution in [0.25, 0.3) is 0 Å². The highest BCUT2D eigenvalue weighted by molar-refractivity contribution is 5.85. The molecule has 0 radical (unpaired) electrons. The predicted octanol–water partition coefficient (Wildman–Crippen LogP) is 2.44. The summed E-state index contributed by atoms with van der Waals surface area (Å²) in [5.74, 6) is -0.216. The maximum atomic E-state index is 13.1. The van der Waals surface area contributed by atoms with E-state index >= 15 is 0 Å². The minimum absolute atomic E-state index is 0. The van der Waals surface area contributed by atoms with E-state index in [0.717, 1.165) is 0 Å². The lowest BCUT2D eigenvalue weighted by atomic mass is 10.1. The van der Waals surface area contributed by atoms with Crippen LogP contribution in [0.15, 0.2) is 30.9 Å². The van der Waals surface area contributed by atoms with Crippen molar-refractivity contribution in [3.8, 4) is 5.75 Å². The summed E-state index contributed by atoms with van der Waals surface area (Å²) in [5.41, 5.74) is 6.28. The van der Waals surface area contributed by atoms with Gasteiger partial charge in [-0.25, -0.2) is 4.39 Å². The van der Waals surface area contributed by atoms with Crippen LogP contribution in [0.3, 0.4) is 0 Å². The molecule has 0 saturated heterocycles. The fraction of sp³-hybridized carbons (Fsp3) is 0.200. The molecule has 0 aliphatic rings. The van der Waals surface area contributed by atoms with Crippen LogP contribution < -0.4 is 10.5 Å². The van der Waals surface area contributed by atoms with Crippen molar-refractivity contribution in [2.75, 3.05) is 7.11 Å². The van der Waals surface area contributed by atoms with Crippen LogP contribution in [0.1, 0.15) is 11.6 Å². The van der Waals surface area contributed by atoms with Crippen molar-refractivity contribution in [1.82, 2.24) is 0 Å². The molecule has 1 rings (SSSR count). The molecule has 0 fully saturated rings. The largest absolute Gasteiger partial charge is 0.493 e. The molecule has 0 amide bonds. The van der Waals surface area contributed by atoms with Crippen LogP contribution in [0.4, 0.5) is 4.39 Å². The number of para-hydroxylation sites is 1. The topological polar surface area (TPSA) is 35.2 Å². The van der Waals surface area contributed by atoms with Gasteiger partial charge in [-0.1, -0.05) is 18.2 Å². The Morgan fingerprint density at radius 1 is 1.57 bits per heavy atom. The molecule has 0 saturated carbocycles. The molecule has 0 bridgehead atoms. The Morgan fingerprint density at radius 2 is 2.21 bits per heavy atom. The number of ether oxygens (including phenoxy) is 1. The minimum atomic E-state index is -0.405. The Balaban J connectivity index is 0.00000169.